The van der Waals surface area contributed by atoms with E-state index in [0.717, 1.165) is 0 Å². The summed E-state index contributed by atoms with van der Waals surface area (Å²) in [6, 6.07) is 8.07. The highest BCUT2D eigenvalue weighted by atomic mass is 16.5. The Kier molecular flexibility index (Phi) is 5.52. The first-order chi connectivity index (χ1) is 11.4. The molecule has 0 bridgehead atoms. The van der Waals surface area contributed by atoms with Crippen LogP contribution in [0.15, 0.2) is 36.5 Å². The first-order valence-corrected chi connectivity index (χ1v) is 7.53. The van der Waals surface area contributed by atoms with Gasteiger partial charge in [-0.15, -0.1) is 0 Å². The highest BCUT2D eigenvalue weighted by Gasteiger charge is 2.17. The van der Waals surface area contributed by atoms with Gasteiger partial charge in [0.2, 0.25) is 0 Å². The number of carbonyl (C=O) groups is 3. The molecule has 0 amide bonds. The zero-order chi connectivity index (χ0) is 17.7. The molecule has 1 aromatic heterocycles. The van der Waals surface area contributed by atoms with Crippen molar-refractivity contribution in [3.8, 4) is 5.75 Å². The molecule has 1 aromatic carbocycles. The Labute approximate surface area is 140 Å². The second-order valence-corrected chi connectivity index (χ2v) is 5.24. The normalized spacial score (nSPS) is 10.3. The van der Waals surface area contributed by atoms with Crippen LogP contribution in [0.3, 0.4) is 0 Å². The van der Waals surface area contributed by atoms with E-state index >= 15 is 0 Å². The van der Waals surface area contributed by atoms with Crippen molar-refractivity contribution >= 4 is 17.5 Å². The van der Waals surface area contributed by atoms with E-state index < -0.39 is 5.97 Å². The molecular weight excluding hydrogens is 310 g/mol. The summed E-state index contributed by atoms with van der Waals surface area (Å²) in [7, 11) is 1.64. The number of ether oxygens (including phenoxy) is 2. The summed E-state index contributed by atoms with van der Waals surface area (Å²) in [5.74, 6) is -0.432. The largest absolute Gasteiger partial charge is 0.494 e. The number of rotatable bonds is 7. The summed E-state index contributed by atoms with van der Waals surface area (Å²) in [6.07, 6.45) is 1.55. The van der Waals surface area contributed by atoms with Crippen molar-refractivity contribution in [1.82, 2.24) is 4.57 Å². The lowest BCUT2D eigenvalue weighted by Crippen LogP contribution is -2.16. The molecule has 6 nitrogen and oxygen atoms in total. The Morgan fingerprint density at radius 2 is 1.75 bits per heavy atom. The van der Waals surface area contributed by atoms with Crippen LogP contribution in [0.4, 0.5) is 0 Å². The van der Waals surface area contributed by atoms with Gasteiger partial charge in [0.1, 0.15) is 11.4 Å². The van der Waals surface area contributed by atoms with Crippen molar-refractivity contribution in [2.75, 3.05) is 13.2 Å². The monoisotopic (exact) mass is 329 g/mol. The molecule has 2 aromatic rings. The Morgan fingerprint density at radius 3 is 2.29 bits per heavy atom. The number of esters is 1. The molecule has 1 heterocycles. The van der Waals surface area contributed by atoms with Gasteiger partial charge in [-0.3, -0.25) is 9.59 Å². The molecule has 0 fully saturated rings. The molecule has 0 aliphatic heterocycles. The van der Waals surface area contributed by atoms with Crippen LogP contribution in [0.25, 0.3) is 0 Å². The Morgan fingerprint density at radius 1 is 1.08 bits per heavy atom. The van der Waals surface area contributed by atoms with E-state index in [2.05, 4.69) is 0 Å². The maximum absolute atomic E-state index is 12.1. The van der Waals surface area contributed by atoms with Crippen molar-refractivity contribution in [2.45, 2.75) is 13.8 Å². The highest BCUT2D eigenvalue weighted by Crippen LogP contribution is 2.13. The van der Waals surface area contributed by atoms with Gasteiger partial charge >= 0.3 is 5.97 Å². The van der Waals surface area contributed by atoms with E-state index in [4.69, 9.17) is 9.47 Å². The highest BCUT2D eigenvalue weighted by molar-refractivity contribution is 6.00. The number of nitrogens with zero attached hydrogens (tertiary/aromatic N) is 1. The summed E-state index contributed by atoms with van der Waals surface area (Å²) in [5.41, 5.74) is 1.07. The summed E-state index contributed by atoms with van der Waals surface area (Å²) in [6.45, 7) is 3.47. The quantitative estimate of drug-likeness (QED) is 0.577. The van der Waals surface area contributed by atoms with Crippen LogP contribution >= 0.6 is 0 Å². The summed E-state index contributed by atoms with van der Waals surface area (Å²) < 4.78 is 11.8. The van der Waals surface area contributed by atoms with Crippen LogP contribution in [-0.2, 0) is 11.8 Å². The molecule has 0 aliphatic rings. The SMILES string of the molecule is CCOc1ccc(C(=O)COC(=O)c2cc(C(C)=O)cn2C)cc1. The average molecular weight is 329 g/mol. The molecule has 0 spiro atoms. The van der Waals surface area contributed by atoms with Crippen molar-refractivity contribution in [2.24, 2.45) is 7.05 Å². The molecule has 0 N–H and O–H groups in total. The number of carbonyl (C=O) groups excluding carboxylic acids is 3. The predicted molar refractivity (Wildman–Crippen MR) is 87.6 cm³/mol. The lowest BCUT2D eigenvalue weighted by molar-refractivity contribution is 0.0465. The zero-order valence-corrected chi connectivity index (χ0v) is 13.9. The van der Waals surface area contributed by atoms with E-state index in [-0.39, 0.29) is 23.9 Å². The van der Waals surface area contributed by atoms with Crippen LogP contribution in [-0.4, -0.2) is 35.3 Å². The van der Waals surface area contributed by atoms with Crippen LogP contribution in [0.1, 0.15) is 45.1 Å². The summed E-state index contributed by atoms with van der Waals surface area (Å²) in [4.78, 5) is 35.4. The van der Waals surface area contributed by atoms with E-state index in [0.29, 0.717) is 23.5 Å². The van der Waals surface area contributed by atoms with Gasteiger partial charge in [0.15, 0.2) is 18.2 Å². The Balaban J connectivity index is 1.98. The number of hydrogen-bond acceptors (Lipinski definition) is 5. The third-order valence-corrected chi connectivity index (χ3v) is 3.44. The molecule has 126 valence electrons. The zero-order valence-electron chi connectivity index (χ0n) is 13.9. The maximum Gasteiger partial charge on any atom is 0.355 e. The molecule has 0 unspecified atom stereocenters. The molecule has 0 saturated heterocycles. The smallest absolute Gasteiger partial charge is 0.355 e. The van der Waals surface area contributed by atoms with Crippen molar-refractivity contribution in [1.29, 1.82) is 0 Å². The van der Waals surface area contributed by atoms with Gasteiger partial charge in [0, 0.05) is 24.4 Å². The van der Waals surface area contributed by atoms with E-state index in [9.17, 15) is 14.4 Å². The van der Waals surface area contributed by atoms with Gasteiger partial charge in [0.05, 0.1) is 6.61 Å². The van der Waals surface area contributed by atoms with E-state index in [1.807, 2.05) is 6.92 Å². The number of ketones is 2. The van der Waals surface area contributed by atoms with Crippen LogP contribution < -0.4 is 4.74 Å². The fourth-order valence-electron chi connectivity index (χ4n) is 2.15. The number of aryl methyl sites for hydroxylation is 1. The minimum absolute atomic E-state index is 0.143. The van der Waals surface area contributed by atoms with Crippen LogP contribution in [0.2, 0.25) is 0 Å². The van der Waals surface area contributed by atoms with Gasteiger partial charge in [-0.25, -0.2) is 4.79 Å². The second kappa shape index (κ2) is 7.59. The Bertz CT molecular complexity index is 758. The number of benzene rings is 1. The lowest BCUT2D eigenvalue weighted by atomic mass is 10.1. The van der Waals surface area contributed by atoms with Crippen molar-refractivity contribution in [3.05, 3.63) is 53.3 Å². The molecule has 0 saturated carbocycles. The number of Topliss-reactive ketones (excluding diaryl/α,β-unsaturated/α-hetero) is 2. The predicted octanol–water partition coefficient (Wildman–Crippen LogP) is 2.67. The van der Waals surface area contributed by atoms with Gasteiger partial charge < -0.3 is 14.0 Å². The molecule has 0 atom stereocenters. The third-order valence-electron chi connectivity index (χ3n) is 3.44. The second-order valence-electron chi connectivity index (χ2n) is 5.24. The molecule has 0 aliphatic carbocycles. The molecule has 24 heavy (non-hydrogen) atoms. The minimum atomic E-state index is -0.649. The maximum atomic E-state index is 12.1. The minimum Gasteiger partial charge on any atom is -0.494 e. The molecule has 2 rings (SSSR count). The lowest BCUT2D eigenvalue weighted by Gasteiger charge is -2.06. The number of aromatic nitrogens is 1. The number of hydrogen-bond donors (Lipinski definition) is 0. The van der Waals surface area contributed by atoms with E-state index in [1.165, 1.54) is 17.6 Å². The van der Waals surface area contributed by atoms with Gasteiger partial charge in [-0.05, 0) is 44.2 Å². The first-order valence-electron chi connectivity index (χ1n) is 7.53. The average Bonchev–Trinajstić information content (AvgIpc) is 2.95. The molecule has 6 heteroatoms. The Hall–Kier alpha value is -2.89. The van der Waals surface area contributed by atoms with Gasteiger partial charge in [0.25, 0.3) is 0 Å². The fraction of sp³-hybridized carbons (Fsp3) is 0.278. The van der Waals surface area contributed by atoms with Crippen molar-refractivity contribution in [3.63, 3.8) is 0 Å². The topological polar surface area (TPSA) is 74.6 Å². The molecular formula is C18H19NO5. The molecule has 0 radical (unpaired) electrons. The first kappa shape index (κ1) is 17.5. The van der Waals surface area contributed by atoms with Crippen LogP contribution in [0.5, 0.6) is 5.75 Å². The van der Waals surface area contributed by atoms with E-state index in [1.54, 1.807) is 37.5 Å². The van der Waals surface area contributed by atoms with Crippen molar-refractivity contribution < 1.29 is 23.9 Å². The fourth-order valence-corrected chi connectivity index (χ4v) is 2.15. The standard InChI is InChI=1S/C18H19NO5/c1-4-23-15-7-5-13(6-8-15)17(21)11-24-18(22)16-9-14(12(2)20)10-19(16)3/h5-10H,4,11H2,1-3H3. The van der Waals surface area contributed by atoms with Gasteiger partial charge in [-0.1, -0.05) is 0 Å². The van der Waals surface area contributed by atoms with Crippen LogP contribution in [0, 0.1) is 0 Å². The summed E-state index contributed by atoms with van der Waals surface area (Å²) >= 11 is 0. The van der Waals surface area contributed by atoms with Gasteiger partial charge in [-0.2, -0.15) is 0 Å². The summed E-state index contributed by atoms with van der Waals surface area (Å²) in [5, 5.41) is 0. The third kappa shape index (κ3) is 4.10.